The first-order valence-electron chi connectivity index (χ1n) is 7.57. The highest BCUT2D eigenvalue weighted by Crippen LogP contribution is 2.28. The van der Waals surface area contributed by atoms with Crippen LogP contribution in [0, 0.1) is 0 Å². The number of rotatable bonds is 6. The Kier molecular flexibility index (Phi) is 6.17. The van der Waals surface area contributed by atoms with Gasteiger partial charge in [0.15, 0.2) is 18.1 Å². The monoisotopic (exact) mass is 341 g/mol. The zero-order valence-electron chi connectivity index (χ0n) is 14.0. The van der Waals surface area contributed by atoms with Gasteiger partial charge in [0.2, 0.25) is 0 Å². The molecule has 0 atom stereocenters. The van der Waals surface area contributed by atoms with Crippen molar-refractivity contribution >= 4 is 23.5 Å². The van der Waals surface area contributed by atoms with Gasteiger partial charge in [0.25, 0.3) is 5.91 Å². The van der Waals surface area contributed by atoms with Crippen LogP contribution in [0.25, 0.3) is 11.6 Å². The van der Waals surface area contributed by atoms with Crippen LogP contribution in [0.1, 0.15) is 11.1 Å². The predicted molar refractivity (Wildman–Crippen MR) is 94.0 cm³/mol. The van der Waals surface area contributed by atoms with E-state index in [2.05, 4.69) is 5.32 Å². The molecule has 0 fully saturated rings. The van der Waals surface area contributed by atoms with Gasteiger partial charge in [-0.2, -0.15) is 0 Å². The maximum atomic E-state index is 12.4. The SMILES string of the molecule is CNC(=O)COC(=O)C(=Cc1ccc(O)c(OC)c1)c1ccccc1. The Balaban J connectivity index is 2.38. The number of likely N-dealkylation sites (N-methyl/N-ethyl adjacent to an activating group) is 1. The Morgan fingerprint density at radius 2 is 1.88 bits per heavy atom. The number of esters is 1. The molecule has 0 heterocycles. The molecule has 1 amide bonds. The molecule has 25 heavy (non-hydrogen) atoms. The van der Waals surface area contributed by atoms with E-state index in [9.17, 15) is 14.7 Å². The number of nitrogens with one attached hydrogen (secondary N) is 1. The molecule has 130 valence electrons. The number of methoxy groups -OCH3 is 1. The van der Waals surface area contributed by atoms with Gasteiger partial charge in [-0.05, 0) is 29.3 Å². The molecule has 0 saturated carbocycles. The van der Waals surface area contributed by atoms with Crippen molar-refractivity contribution in [2.24, 2.45) is 0 Å². The zero-order valence-corrected chi connectivity index (χ0v) is 14.0. The molecule has 0 aliphatic rings. The Labute approximate surface area is 145 Å². The number of phenolic OH excluding ortho intramolecular Hbond substituents is 1. The van der Waals surface area contributed by atoms with Crippen LogP contribution < -0.4 is 10.1 Å². The first-order valence-corrected chi connectivity index (χ1v) is 7.57. The smallest absolute Gasteiger partial charge is 0.339 e. The number of benzene rings is 2. The molecule has 2 rings (SSSR count). The summed E-state index contributed by atoms with van der Waals surface area (Å²) in [4.78, 5) is 23.7. The van der Waals surface area contributed by atoms with Crippen molar-refractivity contribution in [1.29, 1.82) is 0 Å². The third-order valence-corrected chi connectivity index (χ3v) is 3.43. The summed E-state index contributed by atoms with van der Waals surface area (Å²) < 4.78 is 10.1. The number of hydrogen-bond acceptors (Lipinski definition) is 5. The Bertz CT molecular complexity index is 784. The number of phenols is 1. The third kappa shape index (κ3) is 4.84. The summed E-state index contributed by atoms with van der Waals surface area (Å²) in [6.07, 6.45) is 1.61. The summed E-state index contributed by atoms with van der Waals surface area (Å²) in [5, 5.41) is 12.1. The normalized spacial score (nSPS) is 10.9. The van der Waals surface area contributed by atoms with Gasteiger partial charge < -0.3 is 19.9 Å². The van der Waals surface area contributed by atoms with Crippen molar-refractivity contribution in [3.63, 3.8) is 0 Å². The molecule has 0 aromatic heterocycles. The molecule has 2 aromatic carbocycles. The van der Waals surface area contributed by atoms with Crippen LogP contribution >= 0.6 is 0 Å². The van der Waals surface area contributed by atoms with Gasteiger partial charge >= 0.3 is 5.97 Å². The molecule has 0 bridgehead atoms. The average molecular weight is 341 g/mol. The first-order chi connectivity index (χ1) is 12.0. The van der Waals surface area contributed by atoms with Crippen LogP contribution in [-0.2, 0) is 14.3 Å². The van der Waals surface area contributed by atoms with E-state index >= 15 is 0 Å². The van der Waals surface area contributed by atoms with Crippen LogP contribution in [-0.4, -0.2) is 37.7 Å². The maximum Gasteiger partial charge on any atom is 0.339 e. The maximum absolute atomic E-state index is 12.4. The lowest BCUT2D eigenvalue weighted by Gasteiger charge is -2.09. The van der Waals surface area contributed by atoms with Gasteiger partial charge in [-0.1, -0.05) is 36.4 Å². The lowest BCUT2D eigenvalue weighted by atomic mass is 10.0. The Hall–Kier alpha value is -3.28. The fourth-order valence-electron chi connectivity index (χ4n) is 2.11. The molecule has 6 heteroatoms. The lowest BCUT2D eigenvalue weighted by Crippen LogP contribution is -2.25. The third-order valence-electron chi connectivity index (χ3n) is 3.43. The number of aromatic hydroxyl groups is 1. The van der Waals surface area contributed by atoms with Gasteiger partial charge in [-0.3, -0.25) is 4.79 Å². The predicted octanol–water partition coefficient (Wildman–Crippen LogP) is 2.23. The summed E-state index contributed by atoms with van der Waals surface area (Å²) in [7, 11) is 2.91. The second-order valence-corrected chi connectivity index (χ2v) is 5.10. The van der Waals surface area contributed by atoms with Crippen molar-refractivity contribution in [2.75, 3.05) is 20.8 Å². The van der Waals surface area contributed by atoms with E-state index in [1.165, 1.54) is 20.2 Å². The molecule has 0 aliphatic heterocycles. The van der Waals surface area contributed by atoms with Crippen molar-refractivity contribution in [3.05, 3.63) is 59.7 Å². The molecular formula is C19H19NO5. The van der Waals surface area contributed by atoms with Gasteiger partial charge in [0.05, 0.1) is 12.7 Å². The van der Waals surface area contributed by atoms with Crippen LogP contribution in [0.2, 0.25) is 0 Å². The van der Waals surface area contributed by atoms with E-state index in [-0.39, 0.29) is 17.9 Å². The van der Waals surface area contributed by atoms with E-state index in [0.717, 1.165) is 0 Å². The highest BCUT2D eigenvalue weighted by Gasteiger charge is 2.15. The first kappa shape index (κ1) is 18.1. The standard InChI is InChI=1S/C19H19NO5/c1-20-18(22)12-25-19(23)15(14-6-4-3-5-7-14)10-13-8-9-16(21)17(11-13)24-2/h3-11,21H,12H2,1-2H3,(H,20,22). The second kappa shape index (κ2) is 8.54. The number of ether oxygens (including phenoxy) is 2. The van der Waals surface area contributed by atoms with E-state index in [1.54, 1.807) is 42.5 Å². The van der Waals surface area contributed by atoms with Crippen molar-refractivity contribution in [2.45, 2.75) is 0 Å². The molecule has 0 unspecified atom stereocenters. The molecule has 0 spiro atoms. The quantitative estimate of drug-likeness (QED) is 0.478. The van der Waals surface area contributed by atoms with Crippen LogP contribution in [0.15, 0.2) is 48.5 Å². The number of hydrogen-bond donors (Lipinski definition) is 2. The van der Waals surface area contributed by atoms with Crippen molar-refractivity contribution in [1.82, 2.24) is 5.32 Å². The highest BCUT2D eigenvalue weighted by molar-refractivity contribution is 6.21. The zero-order chi connectivity index (χ0) is 18.2. The molecule has 2 aromatic rings. The molecule has 2 N–H and O–H groups in total. The molecule has 0 saturated heterocycles. The van der Waals surface area contributed by atoms with E-state index < -0.39 is 11.9 Å². The minimum absolute atomic E-state index is 0.00287. The topological polar surface area (TPSA) is 84.9 Å². The fraction of sp³-hybridized carbons (Fsp3) is 0.158. The van der Waals surface area contributed by atoms with Gasteiger partial charge in [-0.25, -0.2) is 4.79 Å². The summed E-state index contributed by atoms with van der Waals surface area (Å²) in [5.74, 6) is -0.725. The van der Waals surface area contributed by atoms with Crippen LogP contribution in [0.3, 0.4) is 0 Å². The van der Waals surface area contributed by atoms with Gasteiger partial charge in [0, 0.05) is 7.05 Å². The van der Waals surface area contributed by atoms with Gasteiger partial charge in [-0.15, -0.1) is 0 Å². The second-order valence-electron chi connectivity index (χ2n) is 5.10. The molecule has 0 radical (unpaired) electrons. The largest absolute Gasteiger partial charge is 0.504 e. The number of carbonyl (C=O) groups is 2. The van der Waals surface area contributed by atoms with Gasteiger partial charge in [0.1, 0.15) is 0 Å². The highest BCUT2D eigenvalue weighted by atomic mass is 16.5. The minimum Gasteiger partial charge on any atom is -0.504 e. The van der Waals surface area contributed by atoms with Crippen LogP contribution in [0.4, 0.5) is 0 Å². The summed E-state index contributed by atoms with van der Waals surface area (Å²) in [6, 6.07) is 13.7. The molecule has 6 nitrogen and oxygen atoms in total. The number of amides is 1. The average Bonchev–Trinajstić information content (AvgIpc) is 2.65. The number of carbonyl (C=O) groups excluding carboxylic acids is 2. The molecule has 0 aliphatic carbocycles. The van der Waals surface area contributed by atoms with Crippen molar-refractivity contribution in [3.8, 4) is 11.5 Å². The summed E-state index contributed by atoms with van der Waals surface area (Å²) >= 11 is 0. The molecular weight excluding hydrogens is 322 g/mol. The van der Waals surface area contributed by atoms with E-state index in [1.807, 2.05) is 6.07 Å². The van der Waals surface area contributed by atoms with E-state index in [0.29, 0.717) is 16.9 Å². The summed E-state index contributed by atoms with van der Waals surface area (Å²) in [5.41, 5.74) is 1.58. The minimum atomic E-state index is -0.623. The lowest BCUT2D eigenvalue weighted by molar-refractivity contribution is -0.142. The fourth-order valence-corrected chi connectivity index (χ4v) is 2.11. The summed E-state index contributed by atoms with van der Waals surface area (Å²) in [6.45, 7) is -0.363. The van der Waals surface area contributed by atoms with E-state index in [4.69, 9.17) is 9.47 Å². The Morgan fingerprint density at radius 3 is 2.52 bits per heavy atom. The Morgan fingerprint density at radius 1 is 1.16 bits per heavy atom. The van der Waals surface area contributed by atoms with Crippen molar-refractivity contribution < 1.29 is 24.2 Å². The van der Waals surface area contributed by atoms with Crippen LogP contribution in [0.5, 0.6) is 11.5 Å².